The molecular weight excluding hydrogens is 424 g/mol. The molecule has 0 fully saturated rings. The Labute approximate surface area is 186 Å². The fourth-order valence-electron chi connectivity index (χ4n) is 2.63. The van der Waals surface area contributed by atoms with Crippen LogP contribution in [0, 0.1) is 0 Å². The Bertz CT molecular complexity index is 874. The number of methoxy groups -OCH3 is 2. The Balaban J connectivity index is 1.97. The molecule has 6 nitrogen and oxygen atoms in total. The number of unbranched alkanes of at least 4 members (excludes halogenated alkanes) is 1. The Morgan fingerprint density at radius 1 is 1.07 bits per heavy atom. The van der Waals surface area contributed by atoms with Crippen LogP contribution in [-0.4, -0.2) is 31.3 Å². The van der Waals surface area contributed by atoms with Gasteiger partial charge in [0.2, 0.25) is 11.8 Å². The fraction of sp³-hybridized carbons (Fsp3) is 0.364. The molecule has 1 atom stereocenters. The van der Waals surface area contributed by atoms with E-state index < -0.39 is 0 Å². The Hall–Kier alpha value is -2.38. The molecule has 162 valence electrons. The van der Waals surface area contributed by atoms with Gasteiger partial charge in [-0.1, -0.05) is 24.9 Å². The lowest BCUT2D eigenvalue weighted by molar-refractivity contribution is -0.116. The Morgan fingerprint density at radius 2 is 1.73 bits per heavy atom. The summed E-state index contributed by atoms with van der Waals surface area (Å²) in [6.07, 6.45) is 2.37. The maximum Gasteiger partial charge on any atom is 0.237 e. The molecule has 0 aromatic heterocycles. The van der Waals surface area contributed by atoms with Crippen LogP contribution < -0.4 is 20.1 Å². The Morgan fingerprint density at radius 3 is 2.33 bits per heavy atom. The van der Waals surface area contributed by atoms with Crippen molar-refractivity contribution >= 4 is 46.6 Å². The van der Waals surface area contributed by atoms with E-state index in [1.54, 1.807) is 12.1 Å². The lowest BCUT2D eigenvalue weighted by Gasteiger charge is -2.16. The molecule has 0 aliphatic heterocycles. The van der Waals surface area contributed by atoms with Gasteiger partial charge in [-0.05, 0) is 43.7 Å². The van der Waals surface area contributed by atoms with E-state index in [0.29, 0.717) is 28.6 Å². The topological polar surface area (TPSA) is 76.7 Å². The summed E-state index contributed by atoms with van der Waals surface area (Å²) >= 11 is 7.58. The molecule has 2 rings (SSSR count). The molecule has 30 heavy (non-hydrogen) atoms. The number of amides is 2. The summed E-state index contributed by atoms with van der Waals surface area (Å²) in [5.41, 5.74) is 1.22. The smallest absolute Gasteiger partial charge is 0.237 e. The fourth-order valence-corrected chi connectivity index (χ4v) is 3.74. The van der Waals surface area contributed by atoms with Crippen molar-refractivity contribution in [2.45, 2.75) is 43.3 Å². The van der Waals surface area contributed by atoms with Crippen LogP contribution in [0.1, 0.15) is 33.1 Å². The van der Waals surface area contributed by atoms with Crippen LogP contribution >= 0.6 is 23.4 Å². The first-order valence-electron chi connectivity index (χ1n) is 9.66. The number of hydrogen-bond acceptors (Lipinski definition) is 5. The van der Waals surface area contributed by atoms with Crippen LogP contribution in [-0.2, 0) is 9.59 Å². The van der Waals surface area contributed by atoms with Crippen LogP contribution in [0.25, 0.3) is 0 Å². The lowest BCUT2D eigenvalue weighted by atomic mass is 10.2. The van der Waals surface area contributed by atoms with Crippen molar-refractivity contribution in [1.82, 2.24) is 0 Å². The maximum absolute atomic E-state index is 12.6. The van der Waals surface area contributed by atoms with E-state index in [2.05, 4.69) is 17.6 Å². The predicted octanol–water partition coefficient (Wildman–Crippen LogP) is 5.61. The third-order valence-corrected chi connectivity index (χ3v) is 5.72. The highest BCUT2D eigenvalue weighted by Gasteiger charge is 2.18. The second kappa shape index (κ2) is 11.7. The summed E-state index contributed by atoms with van der Waals surface area (Å²) in [6, 6.07) is 10.7. The minimum atomic E-state index is -0.361. The van der Waals surface area contributed by atoms with Crippen LogP contribution in [0.5, 0.6) is 11.5 Å². The molecule has 0 bridgehead atoms. The zero-order valence-corrected chi connectivity index (χ0v) is 19.2. The molecule has 0 saturated heterocycles. The highest BCUT2D eigenvalue weighted by atomic mass is 35.5. The van der Waals surface area contributed by atoms with Gasteiger partial charge in [-0.2, -0.15) is 0 Å². The van der Waals surface area contributed by atoms with Crippen LogP contribution in [0.15, 0.2) is 41.3 Å². The lowest BCUT2D eigenvalue weighted by Crippen LogP contribution is -2.22. The van der Waals surface area contributed by atoms with Gasteiger partial charge in [0, 0.05) is 23.1 Å². The van der Waals surface area contributed by atoms with Crippen molar-refractivity contribution in [3.63, 3.8) is 0 Å². The molecule has 1 unspecified atom stereocenters. The standard InChI is InChI=1S/C22H27ClN2O4S/c1-5-6-7-21(26)24-15-8-10-16(11-9-15)30-14(2)22(27)25-18-12-17(23)19(28-3)13-20(18)29-4/h8-14H,5-7H2,1-4H3,(H,24,26)(H,25,27). The number of rotatable bonds is 10. The molecule has 2 aromatic carbocycles. The van der Waals surface area contributed by atoms with Crippen LogP contribution in [0.4, 0.5) is 11.4 Å². The maximum atomic E-state index is 12.6. The summed E-state index contributed by atoms with van der Waals surface area (Å²) in [5.74, 6) is 0.759. The molecule has 0 saturated carbocycles. The van der Waals surface area contributed by atoms with Gasteiger partial charge in [0.05, 0.1) is 30.2 Å². The average Bonchev–Trinajstić information content (AvgIpc) is 2.73. The number of hydrogen-bond donors (Lipinski definition) is 2. The van der Waals surface area contributed by atoms with E-state index in [-0.39, 0.29) is 17.1 Å². The first-order valence-corrected chi connectivity index (χ1v) is 10.9. The number of carbonyl (C=O) groups excluding carboxylic acids is 2. The van der Waals surface area contributed by atoms with Crippen molar-refractivity contribution < 1.29 is 19.1 Å². The summed E-state index contributed by atoms with van der Waals surface area (Å²) in [7, 11) is 3.03. The molecule has 8 heteroatoms. The van der Waals surface area contributed by atoms with Crippen molar-refractivity contribution in [2.75, 3.05) is 24.9 Å². The molecular formula is C22H27ClN2O4S. The van der Waals surface area contributed by atoms with Gasteiger partial charge in [0.1, 0.15) is 11.5 Å². The first-order chi connectivity index (χ1) is 14.4. The van der Waals surface area contributed by atoms with Crippen molar-refractivity contribution in [3.05, 3.63) is 41.4 Å². The summed E-state index contributed by atoms with van der Waals surface area (Å²) < 4.78 is 10.5. The van der Waals surface area contributed by atoms with Gasteiger partial charge in [0.15, 0.2) is 0 Å². The van der Waals surface area contributed by atoms with E-state index in [1.807, 2.05) is 31.2 Å². The zero-order valence-electron chi connectivity index (χ0n) is 17.6. The van der Waals surface area contributed by atoms with Gasteiger partial charge in [-0.3, -0.25) is 9.59 Å². The molecule has 0 spiro atoms. The third-order valence-electron chi connectivity index (χ3n) is 4.31. The first kappa shape index (κ1) is 23.9. The summed E-state index contributed by atoms with van der Waals surface area (Å²) in [4.78, 5) is 25.4. The van der Waals surface area contributed by atoms with Gasteiger partial charge in [0.25, 0.3) is 0 Å². The molecule has 0 aliphatic rings. The van der Waals surface area contributed by atoms with Gasteiger partial charge < -0.3 is 20.1 Å². The van der Waals surface area contributed by atoms with E-state index >= 15 is 0 Å². The SMILES string of the molecule is CCCCC(=O)Nc1ccc(SC(C)C(=O)Nc2cc(Cl)c(OC)cc2OC)cc1. The third kappa shape index (κ3) is 6.85. The van der Waals surface area contributed by atoms with E-state index in [9.17, 15) is 9.59 Å². The second-order valence-corrected chi connectivity index (χ2v) is 8.43. The monoisotopic (exact) mass is 450 g/mol. The largest absolute Gasteiger partial charge is 0.495 e. The number of benzene rings is 2. The summed E-state index contributed by atoms with van der Waals surface area (Å²) in [6.45, 7) is 3.87. The van der Waals surface area contributed by atoms with Crippen molar-refractivity contribution in [3.8, 4) is 11.5 Å². The molecule has 2 amide bonds. The van der Waals surface area contributed by atoms with Gasteiger partial charge >= 0.3 is 0 Å². The number of anilines is 2. The van der Waals surface area contributed by atoms with E-state index in [1.165, 1.54) is 26.0 Å². The van der Waals surface area contributed by atoms with Crippen LogP contribution in [0.3, 0.4) is 0 Å². The van der Waals surface area contributed by atoms with Gasteiger partial charge in [-0.15, -0.1) is 11.8 Å². The number of carbonyl (C=O) groups is 2. The normalized spacial score (nSPS) is 11.5. The molecule has 0 radical (unpaired) electrons. The van der Waals surface area contributed by atoms with Crippen molar-refractivity contribution in [1.29, 1.82) is 0 Å². The van der Waals surface area contributed by atoms with E-state index in [0.717, 1.165) is 23.4 Å². The second-order valence-electron chi connectivity index (χ2n) is 6.61. The van der Waals surface area contributed by atoms with Crippen LogP contribution in [0.2, 0.25) is 5.02 Å². The Kier molecular flexibility index (Phi) is 9.33. The van der Waals surface area contributed by atoms with E-state index in [4.69, 9.17) is 21.1 Å². The highest BCUT2D eigenvalue weighted by molar-refractivity contribution is 8.00. The number of nitrogens with one attached hydrogen (secondary N) is 2. The molecule has 0 heterocycles. The minimum Gasteiger partial charge on any atom is -0.495 e. The number of ether oxygens (including phenoxy) is 2. The minimum absolute atomic E-state index is 0.0112. The predicted molar refractivity (Wildman–Crippen MR) is 123 cm³/mol. The molecule has 0 aliphatic carbocycles. The molecule has 2 aromatic rings. The van der Waals surface area contributed by atoms with Gasteiger partial charge in [-0.25, -0.2) is 0 Å². The summed E-state index contributed by atoms with van der Waals surface area (Å²) in [5, 5.41) is 5.74. The number of thioether (sulfide) groups is 1. The molecule has 2 N–H and O–H groups in total. The van der Waals surface area contributed by atoms with Crippen molar-refractivity contribution in [2.24, 2.45) is 0 Å². The highest BCUT2D eigenvalue weighted by Crippen LogP contribution is 2.36. The quantitative estimate of drug-likeness (QED) is 0.460. The number of halogens is 1. The average molecular weight is 451 g/mol. The zero-order chi connectivity index (χ0) is 22.1.